The van der Waals surface area contributed by atoms with Crippen LogP contribution in [0.25, 0.3) is 0 Å². The molecule has 4 nitrogen and oxygen atoms in total. The van der Waals surface area contributed by atoms with Gasteiger partial charge in [0.1, 0.15) is 5.75 Å². The number of phenols is 1. The average molecular weight is 409 g/mol. The second-order valence-corrected chi connectivity index (χ2v) is 8.96. The number of hydrogen-bond acceptors (Lipinski definition) is 3. The average Bonchev–Trinajstić information content (AvgIpc) is 3.28. The molecule has 1 amide bonds. The maximum Gasteiger partial charge on any atom is 0.254 e. The van der Waals surface area contributed by atoms with Crippen molar-refractivity contribution >= 4 is 17.8 Å². The molecule has 3 aliphatic rings. The first-order valence-corrected chi connectivity index (χ1v) is 11.0. The van der Waals surface area contributed by atoms with Crippen molar-refractivity contribution < 1.29 is 9.90 Å². The number of aromatic hydroxyl groups is 1. The zero-order valence-electron chi connectivity index (χ0n) is 17.3. The third-order valence-electron chi connectivity index (χ3n) is 7.32. The van der Waals surface area contributed by atoms with Crippen LogP contribution in [0.3, 0.4) is 0 Å². The van der Waals surface area contributed by atoms with Crippen LogP contribution in [0, 0.1) is 0 Å². The maximum atomic E-state index is 13.6. The smallest absolute Gasteiger partial charge is 0.254 e. The first-order valence-electron chi connectivity index (χ1n) is 11.0. The number of phenolic OH excluding ortho intramolecular Hbond substituents is 1. The number of piperidine rings is 1. The topological polar surface area (TPSA) is 52.9 Å². The Labute approximate surface area is 181 Å². The Morgan fingerprint density at radius 2 is 1.90 bits per heavy atom. The second kappa shape index (κ2) is 6.81. The predicted molar refractivity (Wildman–Crippen MR) is 121 cm³/mol. The molecule has 1 saturated heterocycles. The number of amides is 1. The Balaban J connectivity index is 1.39. The fourth-order valence-electron chi connectivity index (χ4n) is 5.84. The van der Waals surface area contributed by atoms with Gasteiger partial charge in [-0.3, -0.25) is 9.79 Å². The number of fused-ring (bicyclic) bond motifs is 5. The lowest BCUT2D eigenvalue weighted by molar-refractivity contribution is 0.0511. The summed E-state index contributed by atoms with van der Waals surface area (Å²) in [5.41, 5.74) is 6.42. The first kappa shape index (κ1) is 18.4. The highest BCUT2D eigenvalue weighted by Crippen LogP contribution is 2.50. The minimum absolute atomic E-state index is 0.114. The van der Waals surface area contributed by atoms with Crippen molar-refractivity contribution in [2.75, 3.05) is 6.54 Å². The molecule has 1 N–H and O–H groups in total. The van der Waals surface area contributed by atoms with Crippen LogP contribution < -0.4 is 0 Å². The molecule has 1 fully saturated rings. The fraction of sp³-hybridized carbons (Fsp3) is 0.259. The van der Waals surface area contributed by atoms with Crippen LogP contribution in [-0.2, 0) is 18.3 Å². The van der Waals surface area contributed by atoms with Crippen molar-refractivity contribution in [3.05, 3.63) is 94.5 Å². The zero-order chi connectivity index (χ0) is 21.0. The molecule has 2 heterocycles. The molecule has 2 unspecified atom stereocenters. The third-order valence-corrected chi connectivity index (χ3v) is 7.32. The van der Waals surface area contributed by atoms with Crippen molar-refractivity contribution in [2.24, 2.45) is 4.99 Å². The van der Waals surface area contributed by atoms with Gasteiger partial charge >= 0.3 is 0 Å². The second-order valence-electron chi connectivity index (χ2n) is 8.96. The van der Waals surface area contributed by atoms with E-state index in [-0.39, 0.29) is 17.4 Å². The molecule has 0 radical (unpaired) electrons. The summed E-state index contributed by atoms with van der Waals surface area (Å²) in [5, 5.41) is 10.2. The Morgan fingerprint density at radius 1 is 1.03 bits per heavy atom. The van der Waals surface area contributed by atoms with E-state index in [0.717, 1.165) is 42.5 Å². The van der Waals surface area contributed by atoms with Crippen molar-refractivity contribution in [3.63, 3.8) is 0 Å². The van der Waals surface area contributed by atoms with Crippen LogP contribution in [0.15, 0.2) is 71.7 Å². The number of carbonyl (C=O) groups is 1. The molecule has 0 aromatic heterocycles. The van der Waals surface area contributed by atoms with E-state index in [1.807, 2.05) is 42.6 Å². The number of hydrogen-bond donors (Lipinski definition) is 1. The van der Waals surface area contributed by atoms with E-state index < -0.39 is 0 Å². The molecule has 2 bridgehead atoms. The van der Waals surface area contributed by atoms with Gasteiger partial charge in [0, 0.05) is 36.2 Å². The van der Waals surface area contributed by atoms with E-state index in [2.05, 4.69) is 34.2 Å². The highest BCUT2D eigenvalue weighted by atomic mass is 16.3. The molecular weight excluding hydrogens is 384 g/mol. The van der Waals surface area contributed by atoms with Crippen LogP contribution >= 0.6 is 0 Å². The highest BCUT2D eigenvalue weighted by molar-refractivity contribution is 5.96. The van der Waals surface area contributed by atoms with Gasteiger partial charge in [0.05, 0.1) is 5.69 Å². The molecule has 1 aliphatic carbocycles. The van der Waals surface area contributed by atoms with E-state index in [9.17, 15) is 9.90 Å². The van der Waals surface area contributed by atoms with Crippen molar-refractivity contribution in [3.8, 4) is 5.75 Å². The molecule has 4 heteroatoms. The SMILES string of the molecule is O=C(c1ccc2c(c1)CC=N2)N1CCC2(c3ccccc3)CC1Cc1ccc(O)cc12. The summed E-state index contributed by atoms with van der Waals surface area (Å²) < 4.78 is 0. The summed E-state index contributed by atoms with van der Waals surface area (Å²) in [6.07, 6.45) is 5.26. The van der Waals surface area contributed by atoms with Crippen LogP contribution in [0.1, 0.15) is 45.5 Å². The van der Waals surface area contributed by atoms with E-state index in [4.69, 9.17) is 0 Å². The molecular formula is C27H24N2O2. The lowest BCUT2D eigenvalue weighted by Gasteiger charge is -2.51. The van der Waals surface area contributed by atoms with Gasteiger partial charge in [0.15, 0.2) is 0 Å². The van der Waals surface area contributed by atoms with Crippen molar-refractivity contribution in [1.82, 2.24) is 4.90 Å². The molecule has 0 spiro atoms. The van der Waals surface area contributed by atoms with Gasteiger partial charge in [0.2, 0.25) is 0 Å². The van der Waals surface area contributed by atoms with Crippen LogP contribution in [0.4, 0.5) is 5.69 Å². The van der Waals surface area contributed by atoms with E-state index in [1.165, 1.54) is 16.7 Å². The lowest BCUT2D eigenvalue weighted by Crippen LogP contribution is -2.55. The molecule has 3 aromatic carbocycles. The van der Waals surface area contributed by atoms with Gasteiger partial charge in [-0.15, -0.1) is 0 Å². The maximum absolute atomic E-state index is 13.6. The number of aliphatic imine (C=N–C) groups is 1. The van der Waals surface area contributed by atoms with Crippen LogP contribution in [0.2, 0.25) is 0 Å². The van der Waals surface area contributed by atoms with Gasteiger partial charge in [-0.05, 0) is 71.8 Å². The fourth-order valence-corrected chi connectivity index (χ4v) is 5.84. The van der Waals surface area contributed by atoms with Crippen molar-refractivity contribution in [2.45, 2.75) is 37.1 Å². The minimum atomic E-state index is -0.166. The molecule has 3 aromatic rings. The van der Waals surface area contributed by atoms with E-state index in [1.54, 1.807) is 6.07 Å². The molecule has 154 valence electrons. The van der Waals surface area contributed by atoms with E-state index in [0.29, 0.717) is 12.3 Å². The van der Waals surface area contributed by atoms with Crippen LogP contribution in [0.5, 0.6) is 5.75 Å². The quantitative estimate of drug-likeness (QED) is 0.662. The van der Waals surface area contributed by atoms with Gasteiger partial charge < -0.3 is 10.0 Å². The summed E-state index contributed by atoms with van der Waals surface area (Å²) in [5.74, 6) is 0.426. The number of nitrogens with zero attached hydrogens (tertiary/aromatic N) is 2. The zero-order valence-corrected chi connectivity index (χ0v) is 17.3. The van der Waals surface area contributed by atoms with Crippen LogP contribution in [-0.4, -0.2) is 34.7 Å². The van der Waals surface area contributed by atoms with E-state index >= 15 is 0 Å². The molecule has 2 aliphatic heterocycles. The van der Waals surface area contributed by atoms with Gasteiger partial charge in [-0.1, -0.05) is 36.4 Å². The number of benzene rings is 3. The lowest BCUT2D eigenvalue weighted by atomic mass is 9.60. The normalized spacial score (nSPS) is 23.4. The van der Waals surface area contributed by atoms with Gasteiger partial charge in [-0.25, -0.2) is 0 Å². The van der Waals surface area contributed by atoms with Crippen molar-refractivity contribution in [1.29, 1.82) is 0 Å². The number of carbonyl (C=O) groups excluding carboxylic acids is 1. The molecule has 0 saturated carbocycles. The summed E-state index contributed by atoms with van der Waals surface area (Å²) >= 11 is 0. The standard InChI is InChI=1S/C27H24N2O2/c30-23-8-6-18-15-22-17-27(24(18)16-23,21-4-2-1-3-5-21)11-13-29(22)26(31)20-7-9-25-19(14-20)10-12-28-25/h1-9,12,14,16,22,30H,10-11,13,15,17H2. The third kappa shape index (κ3) is 2.82. The Morgan fingerprint density at radius 3 is 2.77 bits per heavy atom. The summed E-state index contributed by atoms with van der Waals surface area (Å²) in [7, 11) is 0. The highest BCUT2D eigenvalue weighted by Gasteiger charge is 2.48. The predicted octanol–water partition coefficient (Wildman–Crippen LogP) is 4.80. The molecule has 31 heavy (non-hydrogen) atoms. The number of rotatable bonds is 2. The summed E-state index contributed by atoms with van der Waals surface area (Å²) in [6, 6.07) is 22.4. The summed E-state index contributed by atoms with van der Waals surface area (Å²) in [6.45, 7) is 0.709. The van der Waals surface area contributed by atoms with Gasteiger partial charge in [-0.2, -0.15) is 0 Å². The Bertz CT molecular complexity index is 1220. The Kier molecular flexibility index (Phi) is 4.04. The first-order chi connectivity index (χ1) is 15.1. The molecule has 2 atom stereocenters. The Hall–Kier alpha value is -3.40. The monoisotopic (exact) mass is 408 g/mol. The number of likely N-dealkylation sites (tertiary alicyclic amines) is 1. The minimum Gasteiger partial charge on any atom is -0.508 e. The summed E-state index contributed by atoms with van der Waals surface area (Å²) in [4.78, 5) is 20.0. The largest absolute Gasteiger partial charge is 0.508 e. The van der Waals surface area contributed by atoms with Gasteiger partial charge in [0.25, 0.3) is 5.91 Å². The molecule has 6 rings (SSSR count).